The highest BCUT2D eigenvalue weighted by Crippen LogP contribution is 2.24. The van der Waals surface area contributed by atoms with Crippen molar-refractivity contribution in [3.05, 3.63) is 75.7 Å². The molecule has 2 aromatic carbocycles. The molecule has 0 saturated heterocycles. The Morgan fingerprint density at radius 3 is 2.70 bits per heavy atom. The molecule has 0 unspecified atom stereocenters. The van der Waals surface area contributed by atoms with Crippen LogP contribution in [0.25, 0.3) is 16.6 Å². The Morgan fingerprint density at radius 2 is 1.93 bits per heavy atom. The molecule has 7 nitrogen and oxygen atoms in total. The number of rotatable bonds is 5. The van der Waals surface area contributed by atoms with Gasteiger partial charge in [0.25, 0.3) is 5.56 Å². The molecule has 0 spiro atoms. The molecule has 0 fully saturated rings. The number of thioether (sulfide) groups is 1. The van der Waals surface area contributed by atoms with Crippen LogP contribution in [-0.4, -0.2) is 26.4 Å². The molecular formula is C22H20N4O3S. The first-order valence-electron chi connectivity index (χ1n) is 9.38. The van der Waals surface area contributed by atoms with E-state index >= 15 is 0 Å². The highest BCUT2D eigenvalue weighted by molar-refractivity contribution is 7.99. The summed E-state index contributed by atoms with van der Waals surface area (Å²) in [5.41, 5.74) is 3.85. The lowest BCUT2D eigenvalue weighted by molar-refractivity contribution is -0.113. The van der Waals surface area contributed by atoms with Crippen LogP contribution in [0.4, 0.5) is 5.88 Å². The summed E-state index contributed by atoms with van der Waals surface area (Å²) in [7, 11) is 0. The first-order chi connectivity index (χ1) is 14.4. The van der Waals surface area contributed by atoms with Crippen molar-refractivity contribution < 1.29 is 9.32 Å². The van der Waals surface area contributed by atoms with Crippen molar-refractivity contribution in [1.29, 1.82) is 0 Å². The Balaban J connectivity index is 1.73. The van der Waals surface area contributed by atoms with Gasteiger partial charge in [-0.1, -0.05) is 41.2 Å². The van der Waals surface area contributed by atoms with Gasteiger partial charge in [0.15, 0.2) is 5.16 Å². The van der Waals surface area contributed by atoms with Crippen LogP contribution < -0.4 is 10.9 Å². The molecule has 4 aromatic rings. The summed E-state index contributed by atoms with van der Waals surface area (Å²) in [6.45, 7) is 5.70. The molecule has 1 amide bonds. The Kier molecular flexibility index (Phi) is 5.41. The van der Waals surface area contributed by atoms with Crippen LogP contribution in [0.5, 0.6) is 0 Å². The van der Waals surface area contributed by atoms with Gasteiger partial charge in [0.2, 0.25) is 11.8 Å². The number of benzene rings is 2. The van der Waals surface area contributed by atoms with Crippen LogP contribution in [0.2, 0.25) is 0 Å². The molecule has 0 aliphatic carbocycles. The number of carbonyl (C=O) groups excluding carboxylic acids is 1. The summed E-state index contributed by atoms with van der Waals surface area (Å²) in [6.07, 6.45) is 0. The maximum atomic E-state index is 13.3. The molecule has 30 heavy (non-hydrogen) atoms. The fourth-order valence-electron chi connectivity index (χ4n) is 3.11. The molecule has 8 heteroatoms. The normalized spacial score (nSPS) is 11.0. The van der Waals surface area contributed by atoms with E-state index in [0.29, 0.717) is 21.8 Å². The number of hydrogen-bond acceptors (Lipinski definition) is 6. The molecular weight excluding hydrogens is 400 g/mol. The van der Waals surface area contributed by atoms with Crippen molar-refractivity contribution in [2.24, 2.45) is 0 Å². The van der Waals surface area contributed by atoms with Gasteiger partial charge in [-0.25, -0.2) is 4.98 Å². The molecule has 2 aromatic heterocycles. The van der Waals surface area contributed by atoms with Crippen molar-refractivity contribution in [1.82, 2.24) is 14.7 Å². The maximum absolute atomic E-state index is 13.3. The van der Waals surface area contributed by atoms with Crippen molar-refractivity contribution in [3.63, 3.8) is 0 Å². The van der Waals surface area contributed by atoms with Crippen LogP contribution in [0.1, 0.15) is 16.8 Å². The Bertz CT molecular complexity index is 1310. The molecule has 0 radical (unpaired) electrons. The number of fused-ring (bicyclic) bond motifs is 1. The van der Waals surface area contributed by atoms with Crippen molar-refractivity contribution in [2.75, 3.05) is 11.1 Å². The van der Waals surface area contributed by atoms with Gasteiger partial charge < -0.3 is 4.52 Å². The second-order valence-corrected chi connectivity index (χ2v) is 7.95. The number of hydrogen-bond donors (Lipinski definition) is 1. The number of para-hydroxylation sites is 1. The third kappa shape index (κ3) is 3.99. The van der Waals surface area contributed by atoms with Crippen molar-refractivity contribution in [3.8, 4) is 5.69 Å². The van der Waals surface area contributed by atoms with E-state index in [1.54, 1.807) is 29.7 Å². The lowest BCUT2D eigenvalue weighted by Crippen LogP contribution is -2.23. The zero-order chi connectivity index (χ0) is 21.3. The molecule has 2 heterocycles. The molecule has 0 aliphatic rings. The molecule has 4 rings (SSSR count). The van der Waals surface area contributed by atoms with E-state index in [0.717, 1.165) is 16.8 Å². The van der Waals surface area contributed by atoms with Crippen molar-refractivity contribution in [2.45, 2.75) is 25.9 Å². The van der Waals surface area contributed by atoms with E-state index in [2.05, 4.69) is 15.5 Å². The van der Waals surface area contributed by atoms with E-state index in [1.807, 2.05) is 44.2 Å². The van der Waals surface area contributed by atoms with E-state index < -0.39 is 0 Å². The summed E-state index contributed by atoms with van der Waals surface area (Å²) < 4.78 is 6.61. The Hall–Kier alpha value is -3.39. The third-order valence-corrected chi connectivity index (χ3v) is 5.51. The number of nitrogens with zero attached hydrogens (tertiary/aromatic N) is 3. The minimum Gasteiger partial charge on any atom is -0.338 e. The monoisotopic (exact) mass is 420 g/mol. The average Bonchev–Trinajstić information content (AvgIpc) is 3.13. The zero-order valence-corrected chi connectivity index (χ0v) is 17.6. The van der Waals surface area contributed by atoms with Gasteiger partial charge in [-0.3, -0.25) is 19.5 Å². The highest BCUT2D eigenvalue weighted by atomic mass is 32.2. The fourth-order valence-corrected chi connectivity index (χ4v) is 3.91. The van der Waals surface area contributed by atoms with Crippen LogP contribution in [0, 0.1) is 20.8 Å². The van der Waals surface area contributed by atoms with Crippen LogP contribution in [-0.2, 0) is 4.79 Å². The summed E-state index contributed by atoms with van der Waals surface area (Å²) in [5, 5.41) is 7.40. The van der Waals surface area contributed by atoms with Gasteiger partial charge in [0.1, 0.15) is 0 Å². The summed E-state index contributed by atoms with van der Waals surface area (Å²) >= 11 is 1.20. The summed E-state index contributed by atoms with van der Waals surface area (Å²) in [5.74, 6) is 0.0811. The number of carbonyl (C=O) groups is 1. The van der Waals surface area contributed by atoms with Crippen LogP contribution in [0.3, 0.4) is 0 Å². The minimum absolute atomic E-state index is 0.0649. The molecule has 0 aliphatic heterocycles. The lowest BCUT2D eigenvalue weighted by atomic mass is 10.1. The predicted molar refractivity (Wildman–Crippen MR) is 117 cm³/mol. The summed E-state index contributed by atoms with van der Waals surface area (Å²) in [4.78, 5) is 30.4. The average molecular weight is 420 g/mol. The van der Waals surface area contributed by atoms with Gasteiger partial charge in [0.05, 0.1) is 28.0 Å². The van der Waals surface area contributed by atoms with Gasteiger partial charge in [-0.05, 0) is 50.1 Å². The number of aryl methyl sites for hydroxylation is 3. The smallest absolute Gasteiger partial charge is 0.266 e. The Labute approximate surface area is 177 Å². The largest absolute Gasteiger partial charge is 0.338 e. The van der Waals surface area contributed by atoms with Crippen molar-refractivity contribution >= 4 is 34.5 Å². The molecule has 0 saturated carbocycles. The molecule has 0 bridgehead atoms. The van der Waals surface area contributed by atoms with Crippen LogP contribution >= 0.6 is 11.8 Å². The SMILES string of the molecule is Cc1ccc(C)c(-n2c(SCC(=O)Nc3cc(C)no3)nc3ccccc3c2=O)c1. The number of nitrogens with one attached hydrogen (secondary N) is 1. The van der Waals surface area contributed by atoms with Gasteiger partial charge in [-0.15, -0.1) is 0 Å². The molecule has 152 valence electrons. The maximum Gasteiger partial charge on any atom is 0.266 e. The summed E-state index contributed by atoms with van der Waals surface area (Å²) in [6, 6.07) is 14.8. The highest BCUT2D eigenvalue weighted by Gasteiger charge is 2.17. The predicted octanol–water partition coefficient (Wildman–Crippen LogP) is 4.03. The lowest BCUT2D eigenvalue weighted by Gasteiger charge is -2.15. The van der Waals surface area contributed by atoms with E-state index in [1.165, 1.54) is 11.8 Å². The minimum atomic E-state index is -0.272. The second-order valence-electron chi connectivity index (χ2n) is 7.01. The number of amides is 1. The molecule has 1 N–H and O–H groups in total. The number of aromatic nitrogens is 3. The van der Waals surface area contributed by atoms with Gasteiger partial charge in [-0.2, -0.15) is 0 Å². The zero-order valence-electron chi connectivity index (χ0n) is 16.8. The van der Waals surface area contributed by atoms with Gasteiger partial charge in [0, 0.05) is 6.07 Å². The van der Waals surface area contributed by atoms with E-state index in [4.69, 9.17) is 4.52 Å². The third-order valence-electron chi connectivity index (χ3n) is 4.57. The number of anilines is 1. The van der Waals surface area contributed by atoms with E-state index in [-0.39, 0.29) is 23.1 Å². The Morgan fingerprint density at radius 1 is 1.13 bits per heavy atom. The second kappa shape index (κ2) is 8.16. The first-order valence-corrected chi connectivity index (χ1v) is 10.4. The standard InChI is InChI=1S/C22H20N4O3S/c1-13-8-9-14(2)18(10-13)26-21(28)16-6-4-5-7-17(16)23-22(26)30-12-19(27)24-20-11-15(3)25-29-20/h4-11H,12H2,1-3H3,(H,24,27). The molecule has 0 atom stereocenters. The van der Waals surface area contributed by atoms with E-state index in [9.17, 15) is 9.59 Å². The fraction of sp³-hybridized carbons (Fsp3) is 0.182. The first kappa shape index (κ1) is 19.9. The van der Waals surface area contributed by atoms with Gasteiger partial charge >= 0.3 is 0 Å². The topological polar surface area (TPSA) is 90.0 Å². The van der Waals surface area contributed by atoms with Crippen LogP contribution in [0.15, 0.2) is 63.0 Å². The quantitative estimate of drug-likeness (QED) is 0.387.